The first-order chi connectivity index (χ1) is 16.4. The Balaban J connectivity index is 1.66. The summed E-state index contributed by atoms with van der Waals surface area (Å²) in [4.78, 5) is 12.8. The van der Waals surface area contributed by atoms with Crippen molar-refractivity contribution in [3.05, 3.63) is 58.4 Å². The number of carbonyl (C=O) groups is 1. The number of amides is 1. The SMILES string of the molecule is CCCOc1ccc(C(C)NC(=O)CCn2c(-c3cccc(C)c3)n[nH]c2=S)cc1OCCC. The van der Waals surface area contributed by atoms with Crippen molar-refractivity contribution in [2.24, 2.45) is 0 Å². The second-order valence-electron chi connectivity index (χ2n) is 8.32. The van der Waals surface area contributed by atoms with E-state index in [1.165, 1.54) is 0 Å². The Morgan fingerprint density at radius 2 is 1.85 bits per heavy atom. The maximum absolute atomic E-state index is 12.8. The number of aryl methyl sites for hydroxylation is 1. The number of aromatic nitrogens is 3. The molecule has 7 nitrogen and oxygen atoms in total. The average Bonchev–Trinajstić information content (AvgIpc) is 3.20. The number of ether oxygens (including phenoxy) is 2. The summed E-state index contributed by atoms with van der Waals surface area (Å²) < 4.78 is 14.1. The van der Waals surface area contributed by atoms with Crippen molar-refractivity contribution < 1.29 is 14.3 Å². The van der Waals surface area contributed by atoms with Gasteiger partial charge in [0.15, 0.2) is 22.1 Å². The molecule has 1 amide bonds. The summed E-state index contributed by atoms with van der Waals surface area (Å²) in [6.07, 6.45) is 2.12. The van der Waals surface area contributed by atoms with Gasteiger partial charge in [-0.05, 0) is 62.7 Å². The molecular weight excluding hydrogens is 448 g/mol. The number of H-pyrrole nitrogens is 1. The zero-order chi connectivity index (χ0) is 24.5. The van der Waals surface area contributed by atoms with Gasteiger partial charge in [-0.15, -0.1) is 0 Å². The van der Waals surface area contributed by atoms with Gasteiger partial charge in [0.05, 0.1) is 19.3 Å². The second-order valence-corrected chi connectivity index (χ2v) is 8.70. The van der Waals surface area contributed by atoms with Crippen molar-refractivity contribution in [3.8, 4) is 22.9 Å². The van der Waals surface area contributed by atoms with Crippen LogP contribution in [0.4, 0.5) is 0 Å². The fraction of sp³-hybridized carbons (Fsp3) is 0.423. The molecule has 0 aliphatic rings. The summed E-state index contributed by atoms with van der Waals surface area (Å²) in [6.45, 7) is 9.81. The van der Waals surface area contributed by atoms with Gasteiger partial charge in [-0.25, -0.2) is 0 Å². The fourth-order valence-corrected chi connectivity index (χ4v) is 3.81. The highest BCUT2D eigenvalue weighted by Gasteiger charge is 2.15. The molecule has 0 radical (unpaired) electrons. The molecule has 182 valence electrons. The van der Waals surface area contributed by atoms with E-state index in [1.807, 2.05) is 54.8 Å². The molecule has 1 heterocycles. The van der Waals surface area contributed by atoms with Gasteiger partial charge in [-0.1, -0.05) is 43.7 Å². The van der Waals surface area contributed by atoms with E-state index in [4.69, 9.17) is 21.7 Å². The minimum absolute atomic E-state index is 0.0619. The molecule has 3 aromatic rings. The summed E-state index contributed by atoms with van der Waals surface area (Å²) >= 11 is 5.40. The third kappa shape index (κ3) is 6.70. The maximum atomic E-state index is 12.8. The van der Waals surface area contributed by atoms with Crippen molar-refractivity contribution in [1.82, 2.24) is 20.1 Å². The maximum Gasteiger partial charge on any atom is 0.222 e. The van der Waals surface area contributed by atoms with Crippen LogP contribution in [0.3, 0.4) is 0 Å². The van der Waals surface area contributed by atoms with E-state index in [0.717, 1.165) is 41.1 Å². The zero-order valence-corrected chi connectivity index (χ0v) is 21.2. The van der Waals surface area contributed by atoms with Gasteiger partial charge in [0.2, 0.25) is 5.91 Å². The molecular formula is C26H34N4O3S. The van der Waals surface area contributed by atoms with Crippen LogP contribution in [0, 0.1) is 11.7 Å². The van der Waals surface area contributed by atoms with Crippen LogP contribution in [0.2, 0.25) is 0 Å². The predicted molar refractivity (Wildman–Crippen MR) is 137 cm³/mol. The van der Waals surface area contributed by atoms with Gasteiger partial charge < -0.3 is 14.8 Å². The van der Waals surface area contributed by atoms with Crippen molar-refractivity contribution >= 4 is 18.1 Å². The van der Waals surface area contributed by atoms with Crippen LogP contribution in [0.15, 0.2) is 42.5 Å². The van der Waals surface area contributed by atoms with Crippen molar-refractivity contribution in [1.29, 1.82) is 0 Å². The van der Waals surface area contributed by atoms with Gasteiger partial charge in [0.25, 0.3) is 0 Å². The first kappa shape index (κ1) is 25.5. The number of nitrogens with zero attached hydrogens (tertiary/aromatic N) is 2. The zero-order valence-electron chi connectivity index (χ0n) is 20.4. The first-order valence-corrected chi connectivity index (χ1v) is 12.2. The molecule has 1 aromatic heterocycles. The van der Waals surface area contributed by atoms with Crippen LogP contribution in [0.1, 0.15) is 57.2 Å². The highest BCUT2D eigenvalue weighted by atomic mass is 32.1. The molecule has 1 unspecified atom stereocenters. The van der Waals surface area contributed by atoms with Crippen LogP contribution >= 0.6 is 12.2 Å². The van der Waals surface area contributed by atoms with E-state index in [0.29, 0.717) is 30.3 Å². The van der Waals surface area contributed by atoms with Crippen LogP contribution in [0.5, 0.6) is 11.5 Å². The lowest BCUT2D eigenvalue weighted by molar-refractivity contribution is -0.121. The molecule has 2 N–H and O–H groups in total. The largest absolute Gasteiger partial charge is 0.490 e. The molecule has 0 fully saturated rings. The molecule has 34 heavy (non-hydrogen) atoms. The summed E-state index contributed by atoms with van der Waals surface area (Å²) in [6, 6.07) is 13.7. The lowest BCUT2D eigenvalue weighted by atomic mass is 10.1. The van der Waals surface area contributed by atoms with E-state index < -0.39 is 0 Å². The lowest BCUT2D eigenvalue weighted by Crippen LogP contribution is -2.27. The molecule has 0 aliphatic carbocycles. The van der Waals surface area contributed by atoms with E-state index in [2.05, 4.69) is 35.4 Å². The van der Waals surface area contributed by atoms with E-state index in [9.17, 15) is 4.79 Å². The number of carbonyl (C=O) groups excluding carboxylic acids is 1. The van der Waals surface area contributed by atoms with Gasteiger partial charge in [0, 0.05) is 18.5 Å². The van der Waals surface area contributed by atoms with Crippen LogP contribution in [-0.4, -0.2) is 33.9 Å². The predicted octanol–water partition coefficient (Wildman–Crippen LogP) is 5.76. The van der Waals surface area contributed by atoms with Crippen molar-refractivity contribution in [2.75, 3.05) is 13.2 Å². The Morgan fingerprint density at radius 3 is 2.56 bits per heavy atom. The molecule has 0 bridgehead atoms. The minimum atomic E-state index is -0.176. The summed E-state index contributed by atoms with van der Waals surface area (Å²) in [5.41, 5.74) is 3.06. The van der Waals surface area contributed by atoms with E-state index in [-0.39, 0.29) is 18.4 Å². The Morgan fingerprint density at radius 1 is 1.12 bits per heavy atom. The molecule has 0 saturated carbocycles. The molecule has 1 atom stereocenters. The molecule has 0 spiro atoms. The Labute approximate surface area is 206 Å². The molecule has 2 aromatic carbocycles. The third-order valence-corrected chi connectivity index (χ3v) is 5.68. The summed E-state index contributed by atoms with van der Waals surface area (Å²) in [7, 11) is 0. The third-order valence-electron chi connectivity index (χ3n) is 5.37. The summed E-state index contributed by atoms with van der Waals surface area (Å²) in [5, 5.41) is 10.3. The first-order valence-electron chi connectivity index (χ1n) is 11.8. The topological polar surface area (TPSA) is 81.2 Å². The summed E-state index contributed by atoms with van der Waals surface area (Å²) in [5.74, 6) is 2.11. The molecule has 0 saturated heterocycles. The second kappa shape index (κ2) is 12.4. The Kier molecular flexibility index (Phi) is 9.27. The number of hydrogen-bond donors (Lipinski definition) is 2. The Hall–Kier alpha value is -3.13. The standard InChI is InChI=1S/C26H34N4O3S/c1-5-14-32-22-11-10-20(17-23(22)33-15-6-2)19(4)27-24(31)12-13-30-25(28-29-26(30)34)21-9-7-8-18(3)16-21/h7-11,16-17,19H,5-6,12-15H2,1-4H3,(H,27,31)(H,29,34). The van der Waals surface area contributed by atoms with Crippen molar-refractivity contribution in [2.45, 2.75) is 59.5 Å². The van der Waals surface area contributed by atoms with E-state index in [1.54, 1.807) is 0 Å². The smallest absolute Gasteiger partial charge is 0.222 e. The highest BCUT2D eigenvalue weighted by molar-refractivity contribution is 7.71. The average molecular weight is 483 g/mol. The molecule has 8 heteroatoms. The monoisotopic (exact) mass is 482 g/mol. The normalized spacial score (nSPS) is 11.8. The van der Waals surface area contributed by atoms with Crippen molar-refractivity contribution in [3.63, 3.8) is 0 Å². The molecule has 3 rings (SSSR count). The fourth-order valence-electron chi connectivity index (χ4n) is 3.59. The van der Waals surface area contributed by atoms with Crippen LogP contribution in [0.25, 0.3) is 11.4 Å². The number of aromatic amines is 1. The lowest BCUT2D eigenvalue weighted by Gasteiger charge is -2.18. The van der Waals surface area contributed by atoms with Gasteiger partial charge >= 0.3 is 0 Å². The van der Waals surface area contributed by atoms with Crippen LogP contribution < -0.4 is 14.8 Å². The van der Waals surface area contributed by atoms with Gasteiger partial charge in [-0.2, -0.15) is 5.10 Å². The minimum Gasteiger partial charge on any atom is -0.490 e. The van der Waals surface area contributed by atoms with Crippen LogP contribution in [-0.2, 0) is 11.3 Å². The number of nitrogens with one attached hydrogen (secondary N) is 2. The quantitative estimate of drug-likeness (QED) is 0.321. The highest BCUT2D eigenvalue weighted by Crippen LogP contribution is 2.31. The van der Waals surface area contributed by atoms with E-state index >= 15 is 0 Å². The van der Waals surface area contributed by atoms with Gasteiger partial charge in [-0.3, -0.25) is 14.5 Å². The number of benzene rings is 2. The Bertz CT molecular complexity index is 1150. The van der Waals surface area contributed by atoms with Gasteiger partial charge in [0.1, 0.15) is 0 Å². The molecule has 0 aliphatic heterocycles. The number of rotatable bonds is 12. The number of hydrogen-bond acceptors (Lipinski definition) is 5.